The molecule has 0 spiro atoms. The van der Waals surface area contributed by atoms with E-state index in [0.29, 0.717) is 26.4 Å². The largest absolute Gasteiger partial charge is 0.444 e. The monoisotopic (exact) mass is 263 g/mol. The summed E-state index contributed by atoms with van der Waals surface area (Å²) in [6.45, 7) is 7.33. The third-order valence-corrected chi connectivity index (χ3v) is 1.96. The predicted molar refractivity (Wildman–Crippen MR) is 67.6 cm³/mol. The van der Waals surface area contributed by atoms with E-state index in [9.17, 15) is 4.79 Å². The Hall–Kier alpha value is -0.850. The standard InChI is InChI=1S/C12H25NO5/c1-12(2,3)18-11(15)13(5-7-14)6-8-17-10-9-16-4/h14H,5-10H2,1-4H3. The highest BCUT2D eigenvalue weighted by Gasteiger charge is 2.21. The van der Waals surface area contributed by atoms with Crippen molar-refractivity contribution in [3.05, 3.63) is 0 Å². The van der Waals surface area contributed by atoms with Crippen molar-refractivity contribution in [1.82, 2.24) is 4.90 Å². The molecule has 0 radical (unpaired) electrons. The third kappa shape index (κ3) is 9.21. The smallest absolute Gasteiger partial charge is 0.410 e. The number of rotatable bonds is 8. The Kier molecular flexibility index (Phi) is 8.70. The second-order valence-electron chi connectivity index (χ2n) is 4.80. The van der Waals surface area contributed by atoms with Gasteiger partial charge in [-0.05, 0) is 20.8 Å². The van der Waals surface area contributed by atoms with Gasteiger partial charge in [0, 0.05) is 20.2 Å². The molecule has 0 heterocycles. The molecule has 0 aromatic rings. The number of methoxy groups -OCH3 is 1. The van der Waals surface area contributed by atoms with Gasteiger partial charge >= 0.3 is 6.09 Å². The Morgan fingerprint density at radius 3 is 2.33 bits per heavy atom. The molecule has 1 amide bonds. The molecule has 0 saturated heterocycles. The van der Waals surface area contributed by atoms with Crippen molar-refractivity contribution >= 4 is 6.09 Å². The van der Waals surface area contributed by atoms with Crippen LogP contribution in [0.4, 0.5) is 4.79 Å². The van der Waals surface area contributed by atoms with Crippen LogP contribution in [0.5, 0.6) is 0 Å². The number of amides is 1. The van der Waals surface area contributed by atoms with Gasteiger partial charge < -0.3 is 24.2 Å². The first-order valence-corrected chi connectivity index (χ1v) is 6.06. The summed E-state index contributed by atoms with van der Waals surface area (Å²) in [6, 6.07) is 0. The fraction of sp³-hybridized carbons (Fsp3) is 0.917. The van der Waals surface area contributed by atoms with Crippen molar-refractivity contribution in [2.45, 2.75) is 26.4 Å². The molecular weight excluding hydrogens is 238 g/mol. The normalized spacial score (nSPS) is 11.4. The van der Waals surface area contributed by atoms with Gasteiger partial charge in [-0.2, -0.15) is 0 Å². The Morgan fingerprint density at radius 1 is 1.17 bits per heavy atom. The number of hydrogen-bond donors (Lipinski definition) is 1. The highest BCUT2D eigenvalue weighted by Crippen LogP contribution is 2.09. The average molecular weight is 263 g/mol. The minimum atomic E-state index is -0.540. The lowest BCUT2D eigenvalue weighted by Crippen LogP contribution is -2.40. The Bertz CT molecular complexity index is 227. The maximum Gasteiger partial charge on any atom is 0.410 e. The lowest BCUT2D eigenvalue weighted by molar-refractivity contribution is 0.0105. The van der Waals surface area contributed by atoms with Crippen LogP contribution in [0, 0.1) is 0 Å². The van der Waals surface area contributed by atoms with Crippen molar-refractivity contribution in [3.8, 4) is 0 Å². The van der Waals surface area contributed by atoms with Crippen LogP contribution < -0.4 is 0 Å². The predicted octanol–water partition coefficient (Wildman–Crippen LogP) is 0.879. The minimum absolute atomic E-state index is 0.0999. The number of ether oxygens (including phenoxy) is 3. The molecule has 0 aliphatic heterocycles. The van der Waals surface area contributed by atoms with E-state index in [-0.39, 0.29) is 13.2 Å². The van der Waals surface area contributed by atoms with Crippen LogP contribution in [0.3, 0.4) is 0 Å². The second kappa shape index (κ2) is 9.13. The molecule has 0 fully saturated rings. The molecule has 0 atom stereocenters. The first-order chi connectivity index (χ1) is 8.40. The molecule has 0 bridgehead atoms. The van der Waals surface area contributed by atoms with E-state index >= 15 is 0 Å². The van der Waals surface area contributed by atoms with Crippen LogP contribution in [0.15, 0.2) is 0 Å². The molecule has 1 N–H and O–H groups in total. The lowest BCUT2D eigenvalue weighted by Gasteiger charge is -2.26. The summed E-state index contributed by atoms with van der Waals surface area (Å²) >= 11 is 0. The van der Waals surface area contributed by atoms with Gasteiger partial charge in [0.1, 0.15) is 5.60 Å². The summed E-state index contributed by atoms with van der Waals surface area (Å²) in [7, 11) is 1.60. The minimum Gasteiger partial charge on any atom is -0.444 e. The zero-order valence-electron chi connectivity index (χ0n) is 11.8. The van der Waals surface area contributed by atoms with Gasteiger partial charge in [0.15, 0.2) is 0 Å². The highest BCUT2D eigenvalue weighted by molar-refractivity contribution is 5.68. The number of nitrogens with zero attached hydrogens (tertiary/aromatic N) is 1. The molecule has 0 unspecified atom stereocenters. The van der Waals surface area contributed by atoms with E-state index < -0.39 is 11.7 Å². The molecule has 0 aliphatic rings. The summed E-state index contributed by atoms with van der Waals surface area (Å²) in [6.07, 6.45) is -0.438. The molecule has 0 rings (SSSR count). The third-order valence-electron chi connectivity index (χ3n) is 1.96. The highest BCUT2D eigenvalue weighted by atomic mass is 16.6. The van der Waals surface area contributed by atoms with E-state index in [1.165, 1.54) is 4.90 Å². The van der Waals surface area contributed by atoms with Gasteiger partial charge in [-0.15, -0.1) is 0 Å². The molecule has 0 aromatic carbocycles. The van der Waals surface area contributed by atoms with E-state index in [2.05, 4.69) is 0 Å². The van der Waals surface area contributed by atoms with E-state index in [1.54, 1.807) is 27.9 Å². The lowest BCUT2D eigenvalue weighted by atomic mass is 10.2. The van der Waals surface area contributed by atoms with E-state index in [1.807, 2.05) is 0 Å². The number of carbonyl (C=O) groups is 1. The van der Waals surface area contributed by atoms with Gasteiger partial charge in [-0.25, -0.2) is 4.79 Å². The Morgan fingerprint density at radius 2 is 1.83 bits per heavy atom. The van der Waals surface area contributed by atoms with Gasteiger partial charge in [-0.1, -0.05) is 0 Å². The zero-order valence-corrected chi connectivity index (χ0v) is 11.8. The maximum absolute atomic E-state index is 11.8. The van der Waals surface area contributed by atoms with Gasteiger partial charge in [0.05, 0.1) is 26.4 Å². The number of aliphatic hydroxyl groups is 1. The fourth-order valence-electron chi connectivity index (χ4n) is 1.16. The quantitative estimate of drug-likeness (QED) is 0.658. The topological polar surface area (TPSA) is 68.2 Å². The van der Waals surface area contributed by atoms with Crippen LogP contribution in [0.1, 0.15) is 20.8 Å². The SMILES string of the molecule is COCCOCCN(CCO)C(=O)OC(C)(C)C. The zero-order chi connectivity index (χ0) is 14.0. The fourth-order valence-corrected chi connectivity index (χ4v) is 1.16. The van der Waals surface area contributed by atoms with Gasteiger partial charge in [-0.3, -0.25) is 0 Å². The van der Waals surface area contributed by atoms with Crippen molar-refractivity contribution < 1.29 is 24.1 Å². The molecule has 6 heteroatoms. The Balaban J connectivity index is 4.01. The van der Waals surface area contributed by atoms with Gasteiger partial charge in [0.2, 0.25) is 0 Å². The number of hydrogen-bond acceptors (Lipinski definition) is 5. The summed E-state index contributed by atoms with van der Waals surface area (Å²) < 4.78 is 15.3. The molecule has 6 nitrogen and oxygen atoms in total. The molecule has 0 aromatic heterocycles. The summed E-state index contributed by atoms with van der Waals surface area (Å²) in [5, 5.41) is 8.91. The van der Waals surface area contributed by atoms with Crippen LogP contribution in [-0.4, -0.2) is 68.3 Å². The van der Waals surface area contributed by atoms with Crippen LogP contribution in [0.2, 0.25) is 0 Å². The number of carbonyl (C=O) groups excluding carboxylic acids is 1. The molecule has 18 heavy (non-hydrogen) atoms. The van der Waals surface area contributed by atoms with E-state index in [4.69, 9.17) is 19.3 Å². The summed E-state index contributed by atoms with van der Waals surface area (Å²) in [4.78, 5) is 13.2. The average Bonchev–Trinajstić information content (AvgIpc) is 2.25. The van der Waals surface area contributed by atoms with Crippen LogP contribution in [0.25, 0.3) is 0 Å². The number of aliphatic hydroxyl groups excluding tert-OH is 1. The van der Waals surface area contributed by atoms with E-state index in [0.717, 1.165) is 0 Å². The first kappa shape index (κ1) is 17.2. The molecular formula is C12H25NO5. The first-order valence-electron chi connectivity index (χ1n) is 6.06. The van der Waals surface area contributed by atoms with Crippen molar-refractivity contribution in [3.63, 3.8) is 0 Å². The summed E-state index contributed by atoms with van der Waals surface area (Å²) in [5.41, 5.74) is -0.540. The summed E-state index contributed by atoms with van der Waals surface area (Å²) in [5.74, 6) is 0. The van der Waals surface area contributed by atoms with Crippen molar-refractivity contribution in [1.29, 1.82) is 0 Å². The molecule has 108 valence electrons. The maximum atomic E-state index is 11.8. The van der Waals surface area contributed by atoms with Crippen LogP contribution in [-0.2, 0) is 14.2 Å². The molecule has 0 saturated carbocycles. The Labute approximate surface area is 109 Å². The van der Waals surface area contributed by atoms with Gasteiger partial charge in [0.25, 0.3) is 0 Å². The second-order valence-corrected chi connectivity index (χ2v) is 4.80. The molecule has 0 aliphatic carbocycles. The van der Waals surface area contributed by atoms with Crippen molar-refractivity contribution in [2.24, 2.45) is 0 Å². The van der Waals surface area contributed by atoms with Crippen LogP contribution >= 0.6 is 0 Å². The van der Waals surface area contributed by atoms with Crippen molar-refractivity contribution in [2.75, 3.05) is 46.6 Å².